The first kappa shape index (κ1) is 23.5. The molecule has 0 aromatic heterocycles. The minimum absolute atomic E-state index is 0.0320. The minimum Gasteiger partial charge on any atom is -0.455 e. The summed E-state index contributed by atoms with van der Waals surface area (Å²) >= 11 is 0. The Morgan fingerprint density at radius 3 is 2.35 bits per heavy atom. The zero-order chi connectivity index (χ0) is 22.6. The molecule has 172 valence electrons. The van der Waals surface area contributed by atoms with Crippen molar-refractivity contribution in [1.82, 2.24) is 9.21 Å². The molecule has 12 heteroatoms. The second-order valence-electron chi connectivity index (χ2n) is 7.30. The summed E-state index contributed by atoms with van der Waals surface area (Å²) in [6.45, 7) is 1.27. The molecule has 2 saturated heterocycles. The lowest BCUT2D eigenvalue weighted by atomic mass is 9.98. The molecular formula is C19H23F3N2O6S. The van der Waals surface area contributed by atoms with E-state index in [1.165, 1.54) is 0 Å². The molecule has 0 bridgehead atoms. The molecule has 2 fully saturated rings. The normalized spacial score (nSPS) is 19.3. The fourth-order valence-corrected chi connectivity index (χ4v) is 4.98. The largest absolute Gasteiger partial charge is 0.455 e. The van der Waals surface area contributed by atoms with Crippen LogP contribution in [0.3, 0.4) is 0 Å². The third-order valence-corrected chi connectivity index (χ3v) is 7.18. The number of hydrogen-bond donors (Lipinski definition) is 0. The predicted molar refractivity (Wildman–Crippen MR) is 101 cm³/mol. The Morgan fingerprint density at radius 1 is 1.10 bits per heavy atom. The van der Waals surface area contributed by atoms with Crippen LogP contribution in [0.5, 0.6) is 0 Å². The summed E-state index contributed by atoms with van der Waals surface area (Å²) in [7, 11) is -4.13. The third kappa shape index (κ3) is 5.74. The molecule has 1 aromatic carbocycles. The maximum absolute atomic E-state index is 12.9. The molecule has 0 saturated carbocycles. The highest BCUT2D eigenvalue weighted by Gasteiger charge is 2.35. The number of ether oxygens (including phenoxy) is 2. The molecule has 0 spiro atoms. The van der Waals surface area contributed by atoms with Crippen LogP contribution in [-0.4, -0.2) is 75.5 Å². The highest BCUT2D eigenvalue weighted by molar-refractivity contribution is 7.89. The molecule has 2 aliphatic rings. The van der Waals surface area contributed by atoms with E-state index in [1.807, 2.05) is 0 Å². The molecular weight excluding hydrogens is 441 g/mol. The van der Waals surface area contributed by atoms with E-state index in [9.17, 15) is 31.2 Å². The number of carbonyl (C=O) groups is 2. The van der Waals surface area contributed by atoms with Gasteiger partial charge in [0.2, 0.25) is 10.0 Å². The van der Waals surface area contributed by atoms with E-state index in [0.29, 0.717) is 32.4 Å². The number of halogens is 3. The van der Waals surface area contributed by atoms with Crippen LogP contribution in [0.4, 0.5) is 13.2 Å². The molecule has 31 heavy (non-hydrogen) atoms. The summed E-state index contributed by atoms with van der Waals surface area (Å²) in [6, 6.07) is 3.57. The molecule has 0 aliphatic carbocycles. The SMILES string of the molecule is O=C(OCC(=O)N1CCOCC1)C1CCN(S(=O)(=O)c2cccc(C(F)(F)F)c2)CC1. The topological polar surface area (TPSA) is 93.2 Å². The van der Waals surface area contributed by atoms with Crippen LogP contribution in [0.2, 0.25) is 0 Å². The van der Waals surface area contributed by atoms with Crippen molar-refractivity contribution in [3.8, 4) is 0 Å². The van der Waals surface area contributed by atoms with Crippen LogP contribution < -0.4 is 0 Å². The number of morpholine rings is 1. The molecule has 0 unspecified atom stereocenters. The van der Waals surface area contributed by atoms with Crippen molar-refractivity contribution in [2.24, 2.45) is 5.92 Å². The van der Waals surface area contributed by atoms with Crippen LogP contribution in [0.15, 0.2) is 29.2 Å². The number of piperidine rings is 1. The van der Waals surface area contributed by atoms with Gasteiger partial charge in [0.25, 0.3) is 5.91 Å². The van der Waals surface area contributed by atoms with Gasteiger partial charge in [-0.05, 0) is 31.0 Å². The zero-order valence-corrected chi connectivity index (χ0v) is 17.5. The van der Waals surface area contributed by atoms with Gasteiger partial charge in [-0.25, -0.2) is 8.42 Å². The summed E-state index contributed by atoms with van der Waals surface area (Å²) in [5, 5.41) is 0. The monoisotopic (exact) mass is 464 g/mol. The Morgan fingerprint density at radius 2 is 1.74 bits per heavy atom. The Hall–Kier alpha value is -2.18. The van der Waals surface area contributed by atoms with E-state index in [-0.39, 0.29) is 38.4 Å². The molecule has 0 N–H and O–H groups in total. The smallest absolute Gasteiger partial charge is 0.416 e. The predicted octanol–water partition coefficient (Wildman–Crippen LogP) is 1.51. The fraction of sp³-hybridized carbons (Fsp3) is 0.579. The standard InChI is InChI=1S/C19H23F3N2O6S/c20-19(21,22)15-2-1-3-16(12-15)31(27,28)24-6-4-14(5-7-24)18(26)30-13-17(25)23-8-10-29-11-9-23/h1-3,12,14H,4-11,13H2. The summed E-state index contributed by atoms with van der Waals surface area (Å²) in [4.78, 5) is 25.4. The molecule has 1 aromatic rings. The van der Waals surface area contributed by atoms with E-state index in [0.717, 1.165) is 22.5 Å². The van der Waals surface area contributed by atoms with Crippen LogP contribution in [-0.2, 0) is 35.3 Å². The molecule has 0 atom stereocenters. The number of carbonyl (C=O) groups excluding carboxylic acids is 2. The first-order valence-corrected chi connectivity index (χ1v) is 11.2. The maximum atomic E-state index is 12.9. The second kappa shape index (κ2) is 9.53. The highest BCUT2D eigenvalue weighted by atomic mass is 32.2. The van der Waals surface area contributed by atoms with Crippen molar-refractivity contribution >= 4 is 21.9 Å². The second-order valence-corrected chi connectivity index (χ2v) is 9.24. The summed E-state index contributed by atoms with van der Waals surface area (Å²) < 4.78 is 75.4. The number of benzene rings is 1. The van der Waals surface area contributed by atoms with Crippen molar-refractivity contribution < 1.29 is 40.7 Å². The first-order valence-electron chi connectivity index (χ1n) is 9.78. The van der Waals surface area contributed by atoms with E-state index >= 15 is 0 Å². The number of nitrogens with zero attached hydrogens (tertiary/aromatic N) is 2. The zero-order valence-electron chi connectivity index (χ0n) is 16.6. The van der Waals surface area contributed by atoms with Gasteiger partial charge in [-0.15, -0.1) is 0 Å². The summed E-state index contributed by atoms with van der Waals surface area (Å²) in [5.41, 5.74) is -1.04. The molecule has 0 radical (unpaired) electrons. The Bertz CT molecular complexity index is 907. The summed E-state index contributed by atoms with van der Waals surface area (Å²) in [5.74, 6) is -1.48. The van der Waals surface area contributed by atoms with Gasteiger partial charge in [-0.2, -0.15) is 17.5 Å². The number of esters is 1. The van der Waals surface area contributed by atoms with Crippen molar-refractivity contribution in [3.63, 3.8) is 0 Å². The van der Waals surface area contributed by atoms with E-state index in [1.54, 1.807) is 4.90 Å². The molecule has 2 heterocycles. The van der Waals surface area contributed by atoms with Gasteiger partial charge >= 0.3 is 12.1 Å². The van der Waals surface area contributed by atoms with E-state index in [4.69, 9.17) is 9.47 Å². The van der Waals surface area contributed by atoms with Crippen LogP contribution in [0, 0.1) is 5.92 Å². The molecule has 3 rings (SSSR count). The number of alkyl halides is 3. The minimum atomic E-state index is -4.65. The van der Waals surface area contributed by atoms with Gasteiger partial charge in [0, 0.05) is 26.2 Å². The van der Waals surface area contributed by atoms with Crippen molar-refractivity contribution in [1.29, 1.82) is 0 Å². The average molecular weight is 464 g/mol. The fourth-order valence-electron chi connectivity index (χ4n) is 3.47. The highest BCUT2D eigenvalue weighted by Crippen LogP contribution is 2.32. The van der Waals surface area contributed by atoms with Crippen molar-refractivity contribution in [2.75, 3.05) is 46.0 Å². The van der Waals surface area contributed by atoms with E-state index in [2.05, 4.69) is 0 Å². The first-order chi connectivity index (χ1) is 14.6. The lowest BCUT2D eigenvalue weighted by Crippen LogP contribution is -2.44. The quantitative estimate of drug-likeness (QED) is 0.614. The van der Waals surface area contributed by atoms with Crippen molar-refractivity contribution in [2.45, 2.75) is 23.9 Å². The Labute approximate surface area is 177 Å². The van der Waals surface area contributed by atoms with Gasteiger partial charge in [0.05, 0.1) is 29.6 Å². The van der Waals surface area contributed by atoms with Gasteiger partial charge in [-0.3, -0.25) is 9.59 Å². The maximum Gasteiger partial charge on any atom is 0.416 e. The number of amides is 1. The van der Waals surface area contributed by atoms with Crippen LogP contribution in [0.1, 0.15) is 18.4 Å². The van der Waals surface area contributed by atoms with Gasteiger partial charge < -0.3 is 14.4 Å². The van der Waals surface area contributed by atoms with Crippen LogP contribution >= 0.6 is 0 Å². The van der Waals surface area contributed by atoms with Gasteiger partial charge in [-0.1, -0.05) is 6.07 Å². The van der Waals surface area contributed by atoms with Gasteiger partial charge in [0.15, 0.2) is 6.61 Å². The lowest BCUT2D eigenvalue weighted by molar-refractivity contribution is -0.157. The number of hydrogen-bond acceptors (Lipinski definition) is 6. The third-order valence-electron chi connectivity index (χ3n) is 5.29. The van der Waals surface area contributed by atoms with E-state index < -0.39 is 38.5 Å². The molecule has 2 aliphatic heterocycles. The number of sulfonamides is 1. The summed E-state index contributed by atoms with van der Waals surface area (Å²) in [6.07, 6.45) is -4.34. The van der Waals surface area contributed by atoms with Crippen LogP contribution in [0.25, 0.3) is 0 Å². The van der Waals surface area contributed by atoms with Crippen molar-refractivity contribution in [3.05, 3.63) is 29.8 Å². The average Bonchev–Trinajstić information content (AvgIpc) is 2.77. The molecule has 8 nitrogen and oxygen atoms in total. The Kier molecular flexibility index (Phi) is 7.22. The molecule has 1 amide bonds. The van der Waals surface area contributed by atoms with Gasteiger partial charge in [0.1, 0.15) is 0 Å². The number of rotatable bonds is 5. The lowest BCUT2D eigenvalue weighted by Gasteiger charge is -2.30. The Balaban J connectivity index is 1.53.